The van der Waals surface area contributed by atoms with Crippen molar-refractivity contribution in [3.05, 3.63) is 88.1 Å². The SMILES string of the molecule is O=C([O-])c1cccc(Sc2c(C3CC3)n(CCN3CCc4ccccc43)c3c(F)c(Cl)ccc23)c1F. The van der Waals surface area contributed by atoms with Crippen LogP contribution in [0.2, 0.25) is 5.02 Å². The lowest BCUT2D eigenvalue weighted by Crippen LogP contribution is -2.26. The van der Waals surface area contributed by atoms with Crippen LogP contribution >= 0.6 is 23.4 Å². The number of hydrogen-bond acceptors (Lipinski definition) is 4. The van der Waals surface area contributed by atoms with Crippen LogP contribution in [-0.4, -0.2) is 23.6 Å². The van der Waals surface area contributed by atoms with E-state index < -0.39 is 23.2 Å². The Morgan fingerprint density at radius 3 is 2.61 bits per heavy atom. The van der Waals surface area contributed by atoms with Gasteiger partial charge >= 0.3 is 0 Å². The summed E-state index contributed by atoms with van der Waals surface area (Å²) in [5.41, 5.74) is 3.40. The molecule has 0 atom stereocenters. The average Bonchev–Trinajstić information content (AvgIpc) is 3.55. The first-order valence-corrected chi connectivity index (χ1v) is 13.1. The van der Waals surface area contributed by atoms with Gasteiger partial charge in [0.2, 0.25) is 0 Å². The predicted molar refractivity (Wildman–Crippen MR) is 136 cm³/mol. The van der Waals surface area contributed by atoms with Gasteiger partial charge in [-0.1, -0.05) is 53.7 Å². The van der Waals surface area contributed by atoms with Gasteiger partial charge in [-0.15, -0.1) is 0 Å². The number of anilines is 1. The number of fused-ring (bicyclic) bond motifs is 2. The number of aromatic nitrogens is 1. The summed E-state index contributed by atoms with van der Waals surface area (Å²) in [5.74, 6) is -2.67. The number of hydrogen-bond donors (Lipinski definition) is 0. The maximum atomic E-state index is 15.5. The van der Waals surface area contributed by atoms with Crippen LogP contribution in [-0.2, 0) is 13.0 Å². The van der Waals surface area contributed by atoms with E-state index in [1.54, 1.807) is 12.1 Å². The fourth-order valence-electron chi connectivity index (χ4n) is 5.19. The zero-order chi connectivity index (χ0) is 25.0. The van der Waals surface area contributed by atoms with E-state index in [4.69, 9.17) is 11.6 Å². The van der Waals surface area contributed by atoms with Gasteiger partial charge in [0.15, 0.2) is 5.82 Å². The van der Waals surface area contributed by atoms with Gasteiger partial charge in [0.25, 0.3) is 0 Å². The van der Waals surface area contributed by atoms with Crippen LogP contribution in [0.25, 0.3) is 10.9 Å². The molecule has 184 valence electrons. The zero-order valence-corrected chi connectivity index (χ0v) is 20.8. The number of carboxylic acids is 1. The number of carbonyl (C=O) groups is 1. The molecule has 6 rings (SSSR count). The summed E-state index contributed by atoms with van der Waals surface area (Å²) < 4.78 is 32.6. The van der Waals surface area contributed by atoms with Gasteiger partial charge in [0, 0.05) is 57.7 Å². The number of aromatic carboxylic acids is 1. The minimum absolute atomic E-state index is 0.0387. The smallest absolute Gasteiger partial charge is 0.166 e. The molecule has 4 aromatic rings. The quantitative estimate of drug-likeness (QED) is 0.297. The Hall–Kier alpha value is -3.03. The van der Waals surface area contributed by atoms with E-state index in [-0.39, 0.29) is 15.8 Å². The highest BCUT2D eigenvalue weighted by molar-refractivity contribution is 7.99. The monoisotopic (exact) mass is 523 g/mol. The Balaban J connectivity index is 1.45. The molecule has 1 aliphatic heterocycles. The molecular weight excluding hydrogens is 502 g/mol. The van der Waals surface area contributed by atoms with Gasteiger partial charge < -0.3 is 19.4 Å². The van der Waals surface area contributed by atoms with E-state index in [0.717, 1.165) is 48.2 Å². The molecule has 4 nitrogen and oxygen atoms in total. The molecule has 36 heavy (non-hydrogen) atoms. The van der Waals surface area contributed by atoms with Crippen LogP contribution in [0, 0.1) is 11.6 Å². The van der Waals surface area contributed by atoms with Crippen LogP contribution in [0.15, 0.2) is 64.4 Å². The highest BCUT2D eigenvalue weighted by atomic mass is 35.5. The molecule has 1 aliphatic carbocycles. The van der Waals surface area contributed by atoms with Crippen molar-refractivity contribution in [1.82, 2.24) is 4.57 Å². The van der Waals surface area contributed by atoms with Crippen molar-refractivity contribution >= 4 is 45.9 Å². The van der Waals surface area contributed by atoms with Crippen molar-refractivity contribution in [1.29, 1.82) is 0 Å². The van der Waals surface area contributed by atoms with Crippen molar-refractivity contribution in [3.8, 4) is 0 Å². The van der Waals surface area contributed by atoms with Gasteiger partial charge in [0.05, 0.1) is 16.5 Å². The molecule has 0 unspecified atom stereocenters. The summed E-state index contributed by atoms with van der Waals surface area (Å²) in [4.78, 5) is 14.6. The van der Waals surface area contributed by atoms with Crippen molar-refractivity contribution in [2.24, 2.45) is 0 Å². The van der Waals surface area contributed by atoms with E-state index in [9.17, 15) is 9.90 Å². The highest BCUT2D eigenvalue weighted by Gasteiger charge is 2.34. The third kappa shape index (κ3) is 3.95. The maximum absolute atomic E-state index is 15.5. The summed E-state index contributed by atoms with van der Waals surface area (Å²) >= 11 is 7.36. The fourth-order valence-corrected chi connectivity index (χ4v) is 6.56. The average molecular weight is 524 g/mol. The summed E-state index contributed by atoms with van der Waals surface area (Å²) in [7, 11) is 0. The minimum atomic E-state index is -1.57. The Kier molecular flexibility index (Phi) is 5.92. The van der Waals surface area contributed by atoms with Crippen LogP contribution in [0.1, 0.15) is 40.4 Å². The van der Waals surface area contributed by atoms with Crippen LogP contribution in [0.4, 0.5) is 14.5 Å². The summed E-state index contributed by atoms with van der Waals surface area (Å²) in [5, 5.41) is 12.1. The lowest BCUT2D eigenvalue weighted by Gasteiger charge is -2.21. The summed E-state index contributed by atoms with van der Waals surface area (Å²) in [6.07, 6.45) is 2.91. The molecule has 2 heterocycles. The van der Waals surface area contributed by atoms with Gasteiger partial charge in [0.1, 0.15) is 5.82 Å². The van der Waals surface area contributed by atoms with Crippen LogP contribution in [0.3, 0.4) is 0 Å². The second-order valence-electron chi connectivity index (χ2n) is 9.27. The molecule has 1 aromatic heterocycles. The van der Waals surface area contributed by atoms with Gasteiger partial charge in [-0.05, 0) is 49.1 Å². The number of halogens is 3. The van der Waals surface area contributed by atoms with E-state index in [1.165, 1.54) is 29.4 Å². The first-order chi connectivity index (χ1) is 17.4. The summed E-state index contributed by atoms with van der Waals surface area (Å²) in [6.45, 7) is 2.16. The zero-order valence-electron chi connectivity index (χ0n) is 19.3. The molecule has 8 heteroatoms. The Bertz CT molecular complexity index is 1520. The molecule has 3 aromatic carbocycles. The van der Waals surface area contributed by atoms with Crippen LogP contribution < -0.4 is 10.0 Å². The molecule has 1 fully saturated rings. The van der Waals surface area contributed by atoms with Gasteiger partial charge in [-0.2, -0.15) is 0 Å². The maximum Gasteiger partial charge on any atom is 0.166 e. The number of carbonyl (C=O) groups excluding carboxylic acids is 1. The number of nitrogens with zero attached hydrogens (tertiary/aromatic N) is 2. The number of benzene rings is 3. The lowest BCUT2D eigenvalue weighted by molar-refractivity contribution is -0.255. The summed E-state index contributed by atoms with van der Waals surface area (Å²) in [6, 6.07) is 15.8. The number of para-hydroxylation sites is 1. The van der Waals surface area contributed by atoms with E-state index in [1.807, 2.05) is 16.7 Å². The molecule has 0 N–H and O–H groups in total. The first kappa shape index (κ1) is 23.4. The first-order valence-electron chi connectivity index (χ1n) is 11.9. The van der Waals surface area contributed by atoms with Gasteiger partial charge in [-0.25, -0.2) is 8.78 Å². The lowest BCUT2D eigenvalue weighted by atomic mass is 10.2. The molecule has 2 aliphatic rings. The number of carboxylic acid groups (broad SMARTS) is 1. The Morgan fingerprint density at radius 2 is 1.83 bits per heavy atom. The van der Waals surface area contributed by atoms with Crippen molar-refractivity contribution in [2.45, 2.75) is 41.5 Å². The largest absolute Gasteiger partial charge is 0.545 e. The van der Waals surface area contributed by atoms with Gasteiger partial charge in [-0.3, -0.25) is 0 Å². The molecule has 0 bridgehead atoms. The van der Waals surface area contributed by atoms with Crippen molar-refractivity contribution in [3.63, 3.8) is 0 Å². The van der Waals surface area contributed by atoms with Crippen molar-refractivity contribution < 1.29 is 18.7 Å². The molecule has 1 saturated carbocycles. The molecular formula is C28H22ClF2N2O2S-. The topological polar surface area (TPSA) is 48.3 Å². The third-order valence-electron chi connectivity index (χ3n) is 7.04. The molecule has 0 saturated heterocycles. The van der Waals surface area contributed by atoms with Crippen LogP contribution in [0.5, 0.6) is 0 Å². The van der Waals surface area contributed by atoms with E-state index >= 15 is 8.78 Å². The normalized spacial score (nSPS) is 15.0. The Morgan fingerprint density at radius 1 is 1.03 bits per heavy atom. The van der Waals surface area contributed by atoms with Crippen molar-refractivity contribution in [2.75, 3.05) is 18.0 Å². The van der Waals surface area contributed by atoms with E-state index in [0.29, 0.717) is 24.0 Å². The number of rotatable bonds is 7. The predicted octanol–water partition coefficient (Wildman–Crippen LogP) is 6.03. The molecule has 0 spiro atoms. The van der Waals surface area contributed by atoms with E-state index in [2.05, 4.69) is 17.0 Å². The molecule has 0 amide bonds. The highest BCUT2D eigenvalue weighted by Crippen LogP contribution is 2.51. The Labute approximate surface area is 216 Å². The fraction of sp³-hybridized carbons (Fsp3) is 0.250. The second-order valence-corrected chi connectivity index (χ2v) is 10.7. The standard InChI is InChI=1S/C28H23ClF2N2O2S/c29-20-11-10-19-26(24(20)31)33(15-14-32-13-12-16-4-1-2-6-21(16)32)25(17-8-9-17)27(19)36-22-7-3-5-18(23(22)30)28(34)35/h1-7,10-11,17H,8-9,12-15H2,(H,34,35)/p-1. The third-order valence-corrected chi connectivity index (χ3v) is 8.50. The minimum Gasteiger partial charge on any atom is -0.545 e. The second kappa shape index (κ2) is 9.12. The molecule has 0 radical (unpaired) electrons.